The summed E-state index contributed by atoms with van der Waals surface area (Å²) in [6.07, 6.45) is 3.66. The molecule has 2 amide bonds. The zero-order valence-corrected chi connectivity index (χ0v) is 14.2. The highest BCUT2D eigenvalue weighted by Gasteiger charge is 2.26. The van der Waals surface area contributed by atoms with Crippen LogP contribution in [-0.2, 0) is 0 Å². The fourth-order valence-electron chi connectivity index (χ4n) is 2.98. The molecular weight excluding hydrogens is 302 g/mol. The molecule has 0 bridgehead atoms. The van der Waals surface area contributed by atoms with Crippen molar-refractivity contribution in [2.24, 2.45) is 5.92 Å². The van der Waals surface area contributed by atoms with Crippen LogP contribution in [0.15, 0.2) is 6.07 Å². The Bertz CT molecular complexity index is 527. The number of carbonyl (C=O) groups is 1. The van der Waals surface area contributed by atoms with E-state index in [0.29, 0.717) is 17.4 Å². The summed E-state index contributed by atoms with van der Waals surface area (Å²) in [6, 6.07) is 1.65. The van der Waals surface area contributed by atoms with Crippen LogP contribution in [0.4, 0.5) is 10.5 Å². The molecule has 5 nitrogen and oxygen atoms in total. The lowest BCUT2D eigenvalue weighted by Crippen LogP contribution is -2.40. The third-order valence-corrected chi connectivity index (χ3v) is 4.53. The van der Waals surface area contributed by atoms with Crippen LogP contribution < -0.4 is 5.32 Å². The molecule has 0 radical (unpaired) electrons. The molecule has 0 spiro atoms. The molecule has 0 saturated heterocycles. The predicted molar refractivity (Wildman–Crippen MR) is 88.3 cm³/mol. The van der Waals surface area contributed by atoms with E-state index in [1.165, 1.54) is 0 Å². The van der Waals surface area contributed by atoms with Gasteiger partial charge in [0.1, 0.15) is 0 Å². The van der Waals surface area contributed by atoms with Crippen LogP contribution in [0.1, 0.15) is 36.9 Å². The average molecular weight is 326 g/mol. The summed E-state index contributed by atoms with van der Waals surface area (Å²) in [5, 5.41) is 13.1. The summed E-state index contributed by atoms with van der Waals surface area (Å²) >= 11 is 6.11. The van der Waals surface area contributed by atoms with Gasteiger partial charge in [-0.05, 0) is 38.3 Å². The standard InChI is InChI=1S/C16H24ClN3O2/c1-10-8-11(2)18-15(17)14(10)19-16(22)20(3)9-12-6-4-5-7-13(12)21/h8,12-13,21H,4-7,9H2,1-3H3,(H,19,22). The van der Waals surface area contributed by atoms with Crippen LogP contribution in [0.3, 0.4) is 0 Å². The lowest BCUT2D eigenvalue weighted by Gasteiger charge is -2.31. The highest BCUT2D eigenvalue weighted by molar-refractivity contribution is 6.32. The summed E-state index contributed by atoms with van der Waals surface area (Å²) < 4.78 is 0. The average Bonchev–Trinajstić information content (AvgIpc) is 2.45. The zero-order chi connectivity index (χ0) is 16.3. The number of amides is 2. The second kappa shape index (κ2) is 7.29. The Hall–Kier alpha value is -1.33. The van der Waals surface area contributed by atoms with Crippen LogP contribution in [0.25, 0.3) is 0 Å². The number of nitrogens with one attached hydrogen (secondary N) is 1. The van der Waals surface area contributed by atoms with E-state index in [1.807, 2.05) is 19.9 Å². The van der Waals surface area contributed by atoms with E-state index in [0.717, 1.165) is 36.9 Å². The van der Waals surface area contributed by atoms with E-state index in [2.05, 4.69) is 10.3 Å². The number of rotatable bonds is 3. The largest absolute Gasteiger partial charge is 0.393 e. The van der Waals surface area contributed by atoms with Crippen LogP contribution in [-0.4, -0.2) is 40.7 Å². The predicted octanol–water partition coefficient (Wildman–Crippen LogP) is 3.37. The molecule has 1 saturated carbocycles. The van der Waals surface area contributed by atoms with Gasteiger partial charge in [0.15, 0.2) is 5.15 Å². The SMILES string of the molecule is Cc1cc(C)c(NC(=O)N(C)CC2CCCCC2O)c(Cl)n1. The number of aryl methyl sites for hydroxylation is 2. The van der Waals surface area contributed by atoms with Gasteiger partial charge < -0.3 is 15.3 Å². The number of urea groups is 1. The Morgan fingerprint density at radius 2 is 2.14 bits per heavy atom. The first-order chi connectivity index (χ1) is 10.4. The summed E-state index contributed by atoms with van der Waals surface area (Å²) in [5.41, 5.74) is 2.25. The molecule has 2 rings (SSSR count). The number of carbonyl (C=O) groups excluding carboxylic acids is 1. The Morgan fingerprint density at radius 3 is 2.77 bits per heavy atom. The minimum absolute atomic E-state index is 0.150. The number of halogens is 1. The maximum atomic E-state index is 12.3. The Morgan fingerprint density at radius 1 is 1.45 bits per heavy atom. The summed E-state index contributed by atoms with van der Waals surface area (Å²) in [5.74, 6) is 0.150. The lowest BCUT2D eigenvalue weighted by molar-refractivity contribution is 0.0575. The number of hydrogen-bond donors (Lipinski definition) is 2. The second-order valence-electron chi connectivity index (χ2n) is 6.17. The molecule has 1 aromatic rings. The van der Waals surface area contributed by atoms with Gasteiger partial charge in [0, 0.05) is 25.2 Å². The van der Waals surface area contributed by atoms with Crippen molar-refractivity contribution < 1.29 is 9.90 Å². The summed E-state index contributed by atoms with van der Waals surface area (Å²) in [4.78, 5) is 18.1. The monoisotopic (exact) mass is 325 g/mol. The highest BCUT2D eigenvalue weighted by atomic mass is 35.5. The molecular formula is C16H24ClN3O2. The molecule has 2 N–H and O–H groups in total. The minimum Gasteiger partial charge on any atom is -0.393 e. The molecule has 1 heterocycles. The van der Waals surface area contributed by atoms with E-state index in [9.17, 15) is 9.90 Å². The molecule has 2 atom stereocenters. The molecule has 22 heavy (non-hydrogen) atoms. The van der Waals surface area contributed by atoms with Gasteiger partial charge in [0.25, 0.3) is 0 Å². The number of anilines is 1. The second-order valence-corrected chi connectivity index (χ2v) is 6.53. The topological polar surface area (TPSA) is 65.5 Å². The van der Waals surface area contributed by atoms with Crippen molar-refractivity contribution in [3.05, 3.63) is 22.5 Å². The molecule has 1 aromatic heterocycles. The van der Waals surface area contributed by atoms with E-state index >= 15 is 0 Å². The fraction of sp³-hybridized carbons (Fsp3) is 0.625. The van der Waals surface area contributed by atoms with Crippen LogP contribution >= 0.6 is 11.6 Å². The number of aliphatic hydroxyl groups excluding tert-OH is 1. The van der Waals surface area contributed by atoms with Gasteiger partial charge in [-0.3, -0.25) is 0 Å². The summed E-state index contributed by atoms with van der Waals surface area (Å²) in [6.45, 7) is 4.30. The first kappa shape index (κ1) is 17.0. The van der Waals surface area contributed by atoms with Gasteiger partial charge in [0.2, 0.25) is 0 Å². The summed E-state index contributed by atoms with van der Waals surface area (Å²) in [7, 11) is 1.74. The molecule has 1 aliphatic rings. The number of aromatic nitrogens is 1. The molecule has 2 unspecified atom stereocenters. The first-order valence-corrected chi connectivity index (χ1v) is 8.10. The normalized spacial score (nSPS) is 21.5. The highest BCUT2D eigenvalue weighted by Crippen LogP contribution is 2.27. The number of nitrogens with zero attached hydrogens (tertiary/aromatic N) is 2. The van der Waals surface area contributed by atoms with E-state index in [4.69, 9.17) is 11.6 Å². The van der Waals surface area contributed by atoms with Crippen molar-refractivity contribution >= 4 is 23.3 Å². The van der Waals surface area contributed by atoms with E-state index < -0.39 is 0 Å². The van der Waals surface area contributed by atoms with Gasteiger partial charge >= 0.3 is 6.03 Å². The number of aliphatic hydroxyl groups is 1. The van der Waals surface area contributed by atoms with Crippen LogP contribution in [0.2, 0.25) is 5.15 Å². The maximum Gasteiger partial charge on any atom is 0.321 e. The van der Waals surface area contributed by atoms with Gasteiger partial charge in [0.05, 0.1) is 11.8 Å². The maximum absolute atomic E-state index is 12.3. The van der Waals surface area contributed by atoms with E-state index in [1.54, 1.807) is 11.9 Å². The van der Waals surface area contributed by atoms with Gasteiger partial charge in [-0.25, -0.2) is 9.78 Å². The molecule has 122 valence electrons. The van der Waals surface area contributed by atoms with E-state index in [-0.39, 0.29) is 18.1 Å². The third kappa shape index (κ3) is 4.11. The van der Waals surface area contributed by atoms with Gasteiger partial charge in [-0.2, -0.15) is 0 Å². The Balaban J connectivity index is 1.99. The quantitative estimate of drug-likeness (QED) is 0.837. The van der Waals surface area contributed by atoms with Crippen LogP contribution in [0, 0.1) is 19.8 Å². The smallest absolute Gasteiger partial charge is 0.321 e. The number of pyridine rings is 1. The molecule has 1 aliphatic carbocycles. The van der Waals surface area contributed by atoms with Gasteiger partial charge in [-0.15, -0.1) is 0 Å². The van der Waals surface area contributed by atoms with Crippen molar-refractivity contribution in [2.75, 3.05) is 18.9 Å². The van der Waals surface area contributed by atoms with Crippen LogP contribution in [0.5, 0.6) is 0 Å². The van der Waals surface area contributed by atoms with Gasteiger partial charge in [-0.1, -0.05) is 24.4 Å². The first-order valence-electron chi connectivity index (χ1n) is 7.72. The zero-order valence-electron chi connectivity index (χ0n) is 13.4. The molecule has 1 fully saturated rings. The van der Waals surface area contributed by atoms with Crippen molar-refractivity contribution in [3.63, 3.8) is 0 Å². The Kier molecular flexibility index (Phi) is 5.64. The van der Waals surface area contributed by atoms with Crippen molar-refractivity contribution in [2.45, 2.75) is 45.6 Å². The van der Waals surface area contributed by atoms with Crippen molar-refractivity contribution in [1.29, 1.82) is 0 Å². The number of hydrogen-bond acceptors (Lipinski definition) is 3. The molecule has 0 aliphatic heterocycles. The third-order valence-electron chi connectivity index (χ3n) is 4.26. The molecule has 6 heteroatoms. The fourth-order valence-corrected chi connectivity index (χ4v) is 3.31. The molecule has 0 aromatic carbocycles. The van der Waals surface area contributed by atoms with Crippen molar-refractivity contribution in [3.8, 4) is 0 Å². The lowest BCUT2D eigenvalue weighted by atomic mass is 9.86. The minimum atomic E-state index is -0.310. The van der Waals surface area contributed by atoms with Crippen molar-refractivity contribution in [1.82, 2.24) is 9.88 Å². The Labute approximate surface area is 136 Å².